The molecule has 144 valence electrons. The second kappa shape index (κ2) is 7.23. The fourth-order valence-corrected chi connectivity index (χ4v) is 3.18. The lowest BCUT2D eigenvalue weighted by Gasteiger charge is -2.28. The molecule has 0 saturated heterocycles. The van der Waals surface area contributed by atoms with Crippen LogP contribution in [-0.2, 0) is 25.7 Å². The van der Waals surface area contributed by atoms with Crippen molar-refractivity contribution in [2.45, 2.75) is 25.7 Å². The number of hydrogen-bond donors (Lipinski definition) is 0. The first-order valence-corrected chi connectivity index (χ1v) is 8.58. The van der Waals surface area contributed by atoms with Crippen LogP contribution in [0.2, 0.25) is 0 Å². The Bertz CT molecular complexity index is 991. The summed E-state index contributed by atoms with van der Waals surface area (Å²) < 4.78 is 52.7. The van der Waals surface area contributed by atoms with Gasteiger partial charge in [-0.2, -0.15) is 13.2 Å². The van der Waals surface area contributed by atoms with E-state index in [1.54, 1.807) is 18.6 Å². The minimum absolute atomic E-state index is 0.0252. The maximum Gasteiger partial charge on any atom is 0.416 e. The third-order valence-electron chi connectivity index (χ3n) is 4.60. The van der Waals surface area contributed by atoms with Crippen molar-refractivity contribution in [2.75, 3.05) is 6.54 Å². The molecule has 1 aromatic carbocycles. The van der Waals surface area contributed by atoms with Gasteiger partial charge in [-0.05, 0) is 18.2 Å². The van der Waals surface area contributed by atoms with E-state index < -0.39 is 17.6 Å². The average molecular weight is 389 g/mol. The topological polar surface area (TPSA) is 54.8 Å². The highest BCUT2D eigenvalue weighted by atomic mass is 19.4. The molecule has 0 atom stereocenters. The molecule has 0 saturated carbocycles. The van der Waals surface area contributed by atoms with Crippen LogP contribution in [0.5, 0.6) is 0 Å². The summed E-state index contributed by atoms with van der Waals surface area (Å²) in [5.41, 5.74) is 1.63. The number of rotatable bonds is 3. The molecule has 4 rings (SSSR count). The maximum atomic E-state index is 14.0. The van der Waals surface area contributed by atoms with Crippen molar-refractivity contribution in [3.05, 3.63) is 71.3 Å². The molecule has 1 aliphatic heterocycles. The zero-order valence-electron chi connectivity index (χ0n) is 14.6. The van der Waals surface area contributed by atoms with E-state index >= 15 is 0 Å². The Hall–Kier alpha value is -2.94. The smallest absolute Gasteiger partial charge is 0.294 e. The quantitative estimate of drug-likeness (QED) is 0.640. The summed E-state index contributed by atoms with van der Waals surface area (Å²) in [6.45, 7) is 1.09. The van der Waals surface area contributed by atoms with Crippen LogP contribution >= 0.6 is 0 Å². The summed E-state index contributed by atoms with van der Waals surface area (Å²) in [5.74, 6) is -0.119. The number of hydrogen-bond acceptors (Lipinski definition) is 5. The molecule has 0 bridgehead atoms. The normalized spacial score (nSPS) is 14.7. The van der Waals surface area contributed by atoms with Crippen molar-refractivity contribution in [2.24, 2.45) is 0 Å². The molecule has 2 aromatic heterocycles. The lowest BCUT2D eigenvalue weighted by Crippen LogP contribution is -2.31. The number of alkyl halides is 3. The summed E-state index contributed by atoms with van der Waals surface area (Å²) in [7, 11) is 0. The fourth-order valence-electron chi connectivity index (χ4n) is 3.18. The molecule has 3 aromatic rings. The van der Waals surface area contributed by atoms with Gasteiger partial charge in [0, 0.05) is 55.8 Å². The van der Waals surface area contributed by atoms with Crippen LogP contribution in [0.1, 0.15) is 22.4 Å². The number of benzene rings is 1. The Morgan fingerprint density at radius 2 is 1.86 bits per heavy atom. The van der Waals surface area contributed by atoms with Crippen molar-refractivity contribution in [1.29, 1.82) is 0 Å². The molecule has 28 heavy (non-hydrogen) atoms. The minimum Gasteiger partial charge on any atom is -0.294 e. The number of nitrogens with zero attached hydrogens (tertiary/aromatic N) is 5. The van der Waals surface area contributed by atoms with Crippen LogP contribution in [-0.4, -0.2) is 31.4 Å². The van der Waals surface area contributed by atoms with Gasteiger partial charge in [-0.3, -0.25) is 4.90 Å². The molecular formula is C19H15F4N5. The average Bonchev–Trinajstić information content (AvgIpc) is 2.69. The fraction of sp³-hybridized carbons (Fsp3) is 0.263. The predicted molar refractivity (Wildman–Crippen MR) is 92.3 cm³/mol. The Kier molecular flexibility index (Phi) is 4.76. The third kappa shape index (κ3) is 3.84. The van der Waals surface area contributed by atoms with E-state index in [2.05, 4.69) is 19.9 Å². The van der Waals surface area contributed by atoms with Gasteiger partial charge in [0.15, 0.2) is 5.82 Å². The molecule has 0 spiro atoms. The second-order valence-electron chi connectivity index (χ2n) is 6.56. The van der Waals surface area contributed by atoms with E-state index in [-0.39, 0.29) is 12.1 Å². The monoisotopic (exact) mass is 389 g/mol. The molecular weight excluding hydrogens is 374 g/mol. The van der Waals surface area contributed by atoms with Crippen LogP contribution in [0.4, 0.5) is 17.6 Å². The van der Waals surface area contributed by atoms with Gasteiger partial charge in [-0.1, -0.05) is 0 Å². The minimum atomic E-state index is -4.50. The predicted octanol–water partition coefficient (Wildman–Crippen LogP) is 3.65. The molecule has 0 amide bonds. The molecule has 0 unspecified atom stereocenters. The van der Waals surface area contributed by atoms with Crippen LogP contribution in [0.3, 0.4) is 0 Å². The summed E-state index contributed by atoms with van der Waals surface area (Å²) in [4.78, 5) is 18.7. The van der Waals surface area contributed by atoms with Gasteiger partial charge in [-0.25, -0.2) is 24.3 Å². The lowest BCUT2D eigenvalue weighted by molar-refractivity contribution is -0.137. The van der Waals surface area contributed by atoms with E-state index in [1.165, 1.54) is 6.33 Å². The van der Waals surface area contributed by atoms with Crippen molar-refractivity contribution in [3.63, 3.8) is 0 Å². The Balaban J connectivity index is 1.52. The van der Waals surface area contributed by atoms with Gasteiger partial charge in [0.1, 0.15) is 12.1 Å². The van der Waals surface area contributed by atoms with E-state index in [1.807, 2.05) is 4.90 Å². The van der Waals surface area contributed by atoms with E-state index in [9.17, 15) is 17.6 Å². The molecule has 3 heterocycles. The van der Waals surface area contributed by atoms with Crippen molar-refractivity contribution >= 4 is 0 Å². The number of aromatic nitrogens is 4. The molecule has 9 heteroatoms. The summed E-state index contributed by atoms with van der Waals surface area (Å²) in [6.07, 6.45) is 2.47. The largest absolute Gasteiger partial charge is 0.416 e. The third-order valence-corrected chi connectivity index (χ3v) is 4.60. The molecule has 0 N–H and O–H groups in total. The Morgan fingerprint density at radius 1 is 1.07 bits per heavy atom. The van der Waals surface area contributed by atoms with E-state index in [4.69, 9.17) is 0 Å². The molecule has 0 radical (unpaired) electrons. The van der Waals surface area contributed by atoms with Crippen LogP contribution in [0.25, 0.3) is 11.4 Å². The standard InChI is InChI=1S/C19H15F4N5/c20-16-2-1-15(19(21,22)23)5-12(16)9-28-4-3-17-14(10-28)8-26-18(27-17)13-6-24-11-25-7-13/h1-2,5-8,11H,3-4,9-10H2. The number of fused-ring (bicyclic) bond motifs is 1. The summed E-state index contributed by atoms with van der Waals surface area (Å²) >= 11 is 0. The second-order valence-corrected chi connectivity index (χ2v) is 6.56. The first-order chi connectivity index (χ1) is 13.4. The zero-order valence-corrected chi connectivity index (χ0v) is 14.6. The molecule has 1 aliphatic rings. The van der Waals surface area contributed by atoms with Crippen molar-refractivity contribution in [1.82, 2.24) is 24.8 Å². The zero-order chi connectivity index (χ0) is 19.7. The first kappa shape index (κ1) is 18.4. The highest BCUT2D eigenvalue weighted by molar-refractivity contribution is 5.52. The van der Waals surface area contributed by atoms with Crippen LogP contribution < -0.4 is 0 Å². The summed E-state index contributed by atoms with van der Waals surface area (Å²) in [6, 6.07) is 2.50. The van der Waals surface area contributed by atoms with Gasteiger partial charge in [0.2, 0.25) is 0 Å². The molecule has 5 nitrogen and oxygen atoms in total. The first-order valence-electron chi connectivity index (χ1n) is 8.58. The SMILES string of the molecule is Fc1ccc(C(F)(F)F)cc1CN1CCc2nc(-c3cncnc3)ncc2C1. The molecule has 0 aliphatic carbocycles. The molecule has 0 fully saturated rings. The van der Waals surface area contributed by atoms with E-state index in [0.717, 1.165) is 29.5 Å². The van der Waals surface area contributed by atoms with Gasteiger partial charge in [0.05, 0.1) is 16.8 Å². The van der Waals surface area contributed by atoms with Crippen molar-refractivity contribution in [3.8, 4) is 11.4 Å². The number of halogens is 4. The van der Waals surface area contributed by atoms with Crippen LogP contribution in [0.15, 0.2) is 43.1 Å². The van der Waals surface area contributed by atoms with Crippen molar-refractivity contribution < 1.29 is 17.6 Å². The Labute approximate surface area is 158 Å². The summed E-state index contributed by atoms with van der Waals surface area (Å²) in [5, 5.41) is 0. The Morgan fingerprint density at radius 3 is 2.61 bits per heavy atom. The van der Waals surface area contributed by atoms with Crippen LogP contribution in [0, 0.1) is 5.82 Å². The van der Waals surface area contributed by atoms with E-state index in [0.29, 0.717) is 30.9 Å². The van der Waals surface area contributed by atoms with Gasteiger partial charge in [0.25, 0.3) is 0 Å². The van der Waals surface area contributed by atoms with Gasteiger partial charge >= 0.3 is 6.18 Å². The van der Waals surface area contributed by atoms with Gasteiger partial charge in [-0.15, -0.1) is 0 Å². The highest BCUT2D eigenvalue weighted by Crippen LogP contribution is 2.31. The highest BCUT2D eigenvalue weighted by Gasteiger charge is 2.31. The van der Waals surface area contributed by atoms with Gasteiger partial charge < -0.3 is 0 Å². The lowest BCUT2D eigenvalue weighted by atomic mass is 10.0. The maximum absolute atomic E-state index is 14.0.